The van der Waals surface area contributed by atoms with Gasteiger partial charge in [-0.15, -0.1) is 11.3 Å². The van der Waals surface area contributed by atoms with Crippen LogP contribution in [-0.4, -0.2) is 30.6 Å². The molecule has 2 rings (SSSR count). The normalized spacial score (nSPS) is 21.2. The van der Waals surface area contributed by atoms with Gasteiger partial charge in [-0.2, -0.15) is 0 Å². The summed E-state index contributed by atoms with van der Waals surface area (Å²) in [5, 5.41) is 5.88. The average molecular weight is 295 g/mol. The molecule has 1 saturated heterocycles. The SMILES string of the molecule is CC(C)CN(CC1CCCN1)C(c1cccs1)C(C)C. The number of hydrogen-bond acceptors (Lipinski definition) is 3. The molecule has 0 aromatic carbocycles. The van der Waals surface area contributed by atoms with Gasteiger partial charge in [-0.1, -0.05) is 33.8 Å². The van der Waals surface area contributed by atoms with E-state index in [4.69, 9.17) is 0 Å². The third-order valence-corrected chi connectivity index (χ3v) is 5.02. The van der Waals surface area contributed by atoms with Crippen LogP contribution in [0.2, 0.25) is 0 Å². The molecule has 114 valence electrons. The van der Waals surface area contributed by atoms with E-state index >= 15 is 0 Å². The second-order valence-corrected chi connectivity index (χ2v) is 7.82. The van der Waals surface area contributed by atoms with E-state index in [1.807, 2.05) is 11.3 Å². The minimum absolute atomic E-state index is 0.569. The molecule has 1 aliphatic rings. The standard InChI is InChI=1S/C17H30N2S/c1-13(2)11-19(12-15-7-5-9-18-15)17(14(3)4)16-8-6-10-20-16/h6,8,10,13-15,17-18H,5,7,9,11-12H2,1-4H3. The molecule has 1 aliphatic heterocycles. The maximum absolute atomic E-state index is 3.66. The Kier molecular flexibility index (Phi) is 6.06. The third-order valence-electron chi connectivity index (χ3n) is 4.08. The zero-order chi connectivity index (χ0) is 14.5. The van der Waals surface area contributed by atoms with Crippen molar-refractivity contribution in [3.63, 3.8) is 0 Å². The number of rotatable bonds is 7. The highest BCUT2D eigenvalue weighted by molar-refractivity contribution is 7.10. The third kappa shape index (κ3) is 4.31. The van der Waals surface area contributed by atoms with Crippen molar-refractivity contribution in [1.82, 2.24) is 10.2 Å². The fourth-order valence-electron chi connectivity index (χ4n) is 3.36. The van der Waals surface area contributed by atoms with Crippen LogP contribution in [0.15, 0.2) is 17.5 Å². The largest absolute Gasteiger partial charge is 0.313 e. The summed E-state index contributed by atoms with van der Waals surface area (Å²) in [5.41, 5.74) is 0. The summed E-state index contributed by atoms with van der Waals surface area (Å²) in [6.45, 7) is 13.0. The van der Waals surface area contributed by atoms with Gasteiger partial charge < -0.3 is 5.32 Å². The van der Waals surface area contributed by atoms with Crippen molar-refractivity contribution in [2.24, 2.45) is 11.8 Å². The van der Waals surface area contributed by atoms with Crippen LogP contribution in [0.1, 0.15) is 51.5 Å². The Morgan fingerprint density at radius 3 is 2.65 bits per heavy atom. The summed E-state index contributed by atoms with van der Waals surface area (Å²) >= 11 is 1.91. The zero-order valence-corrected chi connectivity index (χ0v) is 14.2. The summed E-state index contributed by atoms with van der Waals surface area (Å²) in [6.07, 6.45) is 2.68. The summed E-state index contributed by atoms with van der Waals surface area (Å²) < 4.78 is 0. The molecule has 2 nitrogen and oxygen atoms in total. The molecule has 2 atom stereocenters. The lowest BCUT2D eigenvalue weighted by Gasteiger charge is -2.36. The molecule has 1 aromatic heterocycles. The van der Waals surface area contributed by atoms with Gasteiger partial charge in [-0.05, 0) is 42.7 Å². The summed E-state index contributed by atoms with van der Waals surface area (Å²) in [7, 11) is 0. The summed E-state index contributed by atoms with van der Waals surface area (Å²) in [5.74, 6) is 1.38. The molecular weight excluding hydrogens is 264 g/mol. The topological polar surface area (TPSA) is 15.3 Å². The Bertz CT molecular complexity index is 366. The van der Waals surface area contributed by atoms with Crippen LogP contribution in [0.25, 0.3) is 0 Å². The van der Waals surface area contributed by atoms with Crippen molar-refractivity contribution in [2.45, 2.75) is 52.6 Å². The molecule has 0 aliphatic carbocycles. The van der Waals surface area contributed by atoms with Crippen LogP contribution in [0.5, 0.6) is 0 Å². The van der Waals surface area contributed by atoms with Gasteiger partial charge in [0.1, 0.15) is 0 Å². The maximum Gasteiger partial charge on any atom is 0.0465 e. The molecule has 20 heavy (non-hydrogen) atoms. The van der Waals surface area contributed by atoms with Crippen molar-refractivity contribution in [2.75, 3.05) is 19.6 Å². The highest BCUT2D eigenvalue weighted by Crippen LogP contribution is 2.32. The first kappa shape index (κ1) is 16.0. The van der Waals surface area contributed by atoms with Crippen LogP contribution in [0.3, 0.4) is 0 Å². The molecule has 0 spiro atoms. The first-order valence-electron chi connectivity index (χ1n) is 8.08. The highest BCUT2D eigenvalue weighted by Gasteiger charge is 2.28. The number of thiophene rings is 1. The molecule has 0 saturated carbocycles. The zero-order valence-electron chi connectivity index (χ0n) is 13.4. The molecule has 2 unspecified atom stereocenters. The Morgan fingerprint density at radius 2 is 2.15 bits per heavy atom. The maximum atomic E-state index is 3.66. The quantitative estimate of drug-likeness (QED) is 0.812. The van der Waals surface area contributed by atoms with E-state index in [9.17, 15) is 0 Å². The molecule has 1 N–H and O–H groups in total. The second-order valence-electron chi connectivity index (χ2n) is 6.85. The number of nitrogens with one attached hydrogen (secondary N) is 1. The average Bonchev–Trinajstić information content (AvgIpc) is 3.00. The van der Waals surface area contributed by atoms with Crippen LogP contribution in [-0.2, 0) is 0 Å². The molecule has 3 heteroatoms. The predicted molar refractivity (Wildman–Crippen MR) is 89.3 cm³/mol. The van der Waals surface area contributed by atoms with Crippen LogP contribution >= 0.6 is 11.3 Å². The van der Waals surface area contributed by atoms with E-state index in [2.05, 4.69) is 55.4 Å². The molecule has 2 heterocycles. The van der Waals surface area contributed by atoms with Gasteiger partial charge in [0.15, 0.2) is 0 Å². The lowest BCUT2D eigenvalue weighted by Crippen LogP contribution is -2.42. The van der Waals surface area contributed by atoms with E-state index in [-0.39, 0.29) is 0 Å². The van der Waals surface area contributed by atoms with E-state index in [0.717, 1.165) is 5.92 Å². The molecule has 0 radical (unpaired) electrons. The minimum atomic E-state index is 0.569. The van der Waals surface area contributed by atoms with Gasteiger partial charge in [0.25, 0.3) is 0 Å². The van der Waals surface area contributed by atoms with Crippen molar-refractivity contribution in [1.29, 1.82) is 0 Å². The Morgan fingerprint density at radius 1 is 1.35 bits per heavy atom. The van der Waals surface area contributed by atoms with Crippen molar-refractivity contribution in [3.8, 4) is 0 Å². The Balaban J connectivity index is 2.12. The van der Waals surface area contributed by atoms with Gasteiger partial charge >= 0.3 is 0 Å². The molecule has 0 amide bonds. The van der Waals surface area contributed by atoms with Crippen molar-refractivity contribution < 1.29 is 0 Å². The number of hydrogen-bond donors (Lipinski definition) is 1. The minimum Gasteiger partial charge on any atom is -0.313 e. The first-order valence-corrected chi connectivity index (χ1v) is 8.96. The summed E-state index contributed by atoms with van der Waals surface area (Å²) in [6, 6.07) is 5.76. The predicted octanol–water partition coefficient (Wildman–Crippen LogP) is 4.16. The molecule has 0 bridgehead atoms. The monoisotopic (exact) mass is 294 g/mol. The van der Waals surface area contributed by atoms with Gasteiger partial charge in [-0.25, -0.2) is 0 Å². The first-order chi connectivity index (χ1) is 9.58. The summed E-state index contributed by atoms with van der Waals surface area (Å²) in [4.78, 5) is 4.25. The second kappa shape index (κ2) is 7.58. The van der Waals surface area contributed by atoms with Crippen LogP contribution in [0.4, 0.5) is 0 Å². The smallest absolute Gasteiger partial charge is 0.0465 e. The van der Waals surface area contributed by atoms with E-state index in [0.29, 0.717) is 18.0 Å². The fourth-order valence-corrected chi connectivity index (χ4v) is 4.39. The van der Waals surface area contributed by atoms with Gasteiger partial charge in [-0.3, -0.25) is 4.90 Å². The van der Waals surface area contributed by atoms with Crippen LogP contribution < -0.4 is 5.32 Å². The Hall–Kier alpha value is -0.380. The van der Waals surface area contributed by atoms with Gasteiger partial charge in [0.2, 0.25) is 0 Å². The highest BCUT2D eigenvalue weighted by atomic mass is 32.1. The van der Waals surface area contributed by atoms with Crippen molar-refractivity contribution >= 4 is 11.3 Å². The lowest BCUT2D eigenvalue weighted by molar-refractivity contribution is 0.129. The lowest BCUT2D eigenvalue weighted by atomic mass is 9.98. The fraction of sp³-hybridized carbons (Fsp3) is 0.765. The van der Waals surface area contributed by atoms with E-state index in [1.165, 1.54) is 37.4 Å². The molecule has 1 aromatic rings. The van der Waals surface area contributed by atoms with E-state index in [1.54, 1.807) is 0 Å². The molecule has 1 fully saturated rings. The van der Waals surface area contributed by atoms with Crippen molar-refractivity contribution in [3.05, 3.63) is 22.4 Å². The van der Waals surface area contributed by atoms with Gasteiger partial charge in [0, 0.05) is 30.1 Å². The van der Waals surface area contributed by atoms with Gasteiger partial charge in [0.05, 0.1) is 0 Å². The van der Waals surface area contributed by atoms with E-state index < -0.39 is 0 Å². The number of nitrogens with zero attached hydrogens (tertiary/aromatic N) is 1. The van der Waals surface area contributed by atoms with Crippen LogP contribution in [0, 0.1) is 11.8 Å². The molecular formula is C17H30N2S. The Labute approximate surface area is 128 Å².